The van der Waals surface area contributed by atoms with Crippen LogP contribution in [0, 0.1) is 18.3 Å². The molecule has 17 heavy (non-hydrogen) atoms. The maximum Gasteiger partial charge on any atom is 0.390 e. The lowest BCUT2D eigenvalue weighted by molar-refractivity contribution is -0.132. The van der Waals surface area contributed by atoms with Gasteiger partial charge in [-0.25, -0.2) is 0 Å². The van der Waals surface area contributed by atoms with E-state index in [1.54, 1.807) is 32.2 Å². The Morgan fingerprint density at radius 2 is 2.00 bits per heavy atom. The average molecular weight is 242 g/mol. The van der Waals surface area contributed by atoms with Crippen LogP contribution in [0.1, 0.15) is 17.5 Å². The van der Waals surface area contributed by atoms with E-state index in [2.05, 4.69) is 0 Å². The summed E-state index contributed by atoms with van der Waals surface area (Å²) in [6.45, 7) is 1.63. The van der Waals surface area contributed by atoms with Crippen LogP contribution in [0.3, 0.4) is 0 Å². The van der Waals surface area contributed by atoms with Gasteiger partial charge in [0.25, 0.3) is 0 Å². The third-order valence-corrected chi connectivity index (χ3v) is 2.47. The number of benzene rings is 1. The quantitative estimate of drug-likeness (QED) is 0.813. The summed E-state index contributed by atoms with van der Waals surface area (Å²) < 4.78 is 36.4. The van der Waals surface area contributed by atoms with Crippen molar-refractivity contribution in [2.24, 2.45) is 0 Å². The van der Waals surface area contributed by atoms with Gasteiger partial charge in [-0.3, -0.25) is 0 Å². The summed E-state index contributed by atoms with van der Waals surface area (Å²) in [5.41, 5.74) is 1.77. The summed E-state index contributed by atoms with van der Waals surface area (Å²) in [5, 5.41) is 8.92. The van der Waals surface area contributed by atoms with Crippen molar-refractivity contribution >= 4 is 5.69 Å². The van der Waals surface area contributed by atoms with E-state index in [1.165, 1.54) is 4.90 Å². The molecule has 0 fully saturated rings. The lowest BCUT2D eigenvalue weighted by Crippen LogP contribution is -2.25. The van der Waals surface area contributed by atoms with Gasteiger partial charge in [-0.05, 0) is 18.6 Å². The highest BCUT2D eigenvalue weighted by atomic mass is 19.4. The van der Waals surface area contributed by atoms with Crippen LogP contribution in [0.4, 0.5) is 18.9 Å². The van der Waals surface area contributed by atoms with E-state index in [0.29, 0.717) is 11.3 Å². The second-order valence-electron chi connectivity index (χ2n) is 3.87. The van der Waals surface area contributed by atoms with E-state index >= 15 is 0 Å². The highest BCUT2D eigenvalue weighted by Crippen LogP contribution is 2.26. The fourth-order valence-electron chi connectivity index (χ4n) is 1.66. The number of halogens is 3. The molecule has 5 heteroatoms. The van der Waals surface area contributed by atoms with Crippen LogP contribution in [0.15, 0.2) is 18.2 Å². The van der Waals surface area contributed by atoms with Gasteiger partial charge in [-0.15, -0.1) is 0 Å². The highest BCUT2D eigenvalue weighted by Gasteiger charge is 2.27. The molecule has 1 aromatic carbocycles. The summed E-state index contributed by atoms with van der Waals surface area (Å²) in [7, 11) is 1.56. The van der Waals surface area contributed by atoms with Crippen molar-refractivity contribution in [3.63, 3.8) is 0 Å². The minimum absolute atomic E-state index is 0.150. The third kappa shape index (κ3) is 3.66. The minimum Gasteiger partial charge on any atom is -0.373 e. The molecule has 0 aliphatic carbocycles. The number of nitriles is 1. The molecule has 0 spiro atoms. The molecule has 0 radical (unpaired) electrons. The molecule has 0 saturated carbocycles. The number of alkyl halides is 3. The Morgan fingerprint density at radius 1 is 1.35 bits per heavy atom. The van der Waals surface area contributed by atoms with Crippen molar-refractivity contribution in [2.75, 3.05) is 18.5 Å². The fourth-order valence-corrected chi connectivity index (χ4v) is 1.66. The van der Waals surface area contributed by atoms with Gasteiger partial charge in [0.2, 0.25) is 0 Å². The molecule has 0 bridgehead atoms. The standard InChI is InChI=1S/C12H13F3N2/c1-9-4-3-5-10(8-16)11(9)17(2)7-6-12(13,14)15/h3-5H,6-7H2,1-2H3. The van der Waals surface area contributed by atoms with E-state index in [9.17, 15) is 13.2 Å². The molecular weight excluding hydrogens is 229 g/mol. The number of hydrogen-bond donors (Lipinski definition) is 0. The number of anilines is 1. The van der Waals surface area contributed by atoms with Crippen molar-refractivity contribution < 1.29 is 13.2 Å². The van der Waals surface area contributed by atoms with Crippen LogP contribution in [-0.4, -0.2) is 19.8 Å². The topological polar surface area (TPSA) is 27.0 Å². The zero-order chi connectivity index (χ0) is 13.1. The molecule has 0 aromatic heterocycles. The minimum atomic E-state index is -4.18. The van der Waals surface area contributed by atoms with Crippen LogP contribution in [0.25, 0.3) is 0 Å². The van der Waals surface area contributed by atoms with Crippen LogP contribution in [0.5, 0.6) is 0 Å². The van der Waals surface area contributed by atoms with Crippen molar-refractivity contribution in [3.05, 3.63) is 29.3 Å². The predicted octanol–water partition coefficient (Wildman–Crippen LogP) is 3.26. The number of nitrogens with zero attached hydrogens (tertiary/aromatic N) is 2. The van der Waals surface area contributed by atoms with E-state index in [1.807, 2.05) is 6.07 Å². The fraction of sp³-hybridized carbons (Fsp3) is 0.417. The molecule has 0 unspecified atom stereocenters. The Kier molecular flexibility index (Phi) is 4.00. The number of para-hydroxylation sites is 1. The zero-order valence-electron chi connectivity index (χ0n) is 9.67. The number of hydrogen-bond acceptors (Lipinski definition) is 2. The Morgan fingerprint density at radius 3 is 2.53 bits per heavy atom. The molecule has 1 rings (SSSR count). The van der Waals surface area contributed by atoms with Gasteiger partial charge in [-0.1, -0.05) is 12.1 Å². The van der Waals surface area contributed by atoms with E-state index in [4.69, 9.17) is 5.26 Å². The first-order valence-corrected chi connectivity index (χ1v) is 5.13. The summed E-state index contributed by atoms with van der Waals surface area (Å²) in [4.78, 5) is 1.47. The molecule has 1 aromatic rings. The average Bonchev–Trinajstić information content (AvgIpc) is 2.24. The smallest absolute Gasteiger partial charge is 0.373 e. The van der Waals surface area contributed by atoms with E-state index in [-0.39, 0.29) is 6.54 Å². The molecule has 92 valence electrons. The second kappa shape index (κ2) is 5.09. The first-order chi connectivity index (χ1) is 7.85. The third-order valence-electron chi connectivity index (χ3n) is 2.47. The maximum atomic E-state index is 12.1. The van der Waals surface area contributed by atoms with Crippen LogP contribution >= 0.6 is 0 Å². The second-order valence-corrected chi connectivity index (χ2v) is 3.87. The molecule has 0 heterocycles. The Hall–Kier alpha value is -1.70. The molecular formula is C12H13F3N2. The largest absolute Gasteiger partial charge is 0.390 e. The van der Waals surface area contributed by atoms with Gasteiger partial charge < -0.3 is 4.90 Å². The molecule has 0 atom stereocenters. The molecule has 2 nitrogen and oxygen atoms in total. The number of aryl methyl sites for hydroxylation is 1. The van der Waals surface area contributed by atoms with E-state index in [0.717, 1.165) is 5.56 Å². The maximum absolute atomic E-state index is 12.1. The van der Waals surface area contributed by atoms with Crippen LogP contribution in [0.2, 0.25) is 0 Å². The van der Waals surface area contributed by atoms with Gasteiger partial charge in [0.05, 0.1) is 17.7 Å². The van der Waals surface area contributed by atoms with Gasteiger partial charge >= 0.3 is 6.18 Å². The summed E-state index contributed by atoms with van der Waals surface area (Å²) in [5.74, 6) is 0. The van der Waals surface area contributed by atoms with Gasteiger partial charge in [0.1, 0.15) is 6.07 Å². The molecule has 0 aliphatic heterocycles. The molecule has 0 aliphatic rings. The van der Waals surface area contributed by atoms with Crippen LogP contribution < -0.4 is 4.90 Å². The first kappa shape index (κ1) is 13.4. The summed E-state index contributed by atoms with van der Waals surface area (Å²) in [6, 6.07) is 7.09. The lowest BCUT2D eigenvalue weighted by atomic mass is 10.1. The van der Waals surface area contributed by atoms with Crippen molar-refractivity contribution in [2.45, 2.75) is 19.5 Å². The normalized spacial score (nSPS) is 11.1. The SMILES string of the molecule is Cc1cccc(C#N)c1N(C)CCC(F)(F)F. The van der Waals surface area contributed by atoms with Crippen molar-refractivity contribution in [1.29, 1.82) is 5.26 Å². The highest BCUT2D eigenvalue weighted by molar-refractivity contribution is 5.63. The van der Waals surface area contributed by atoms with Gasteiger partial charge in [0.15, 0.2) is 0 Å². The van der Waals surface area contributed by atoms with Crippen LogP contribution in [-0.2, 0) is 0 Å². The monoisotopic (exact) mass is 242 g/mol. The predicted molar refractivity (Wildman–Crippen MR) is 59.8 cm³/mol. The van der Waals surface area contributed by atoms with Gasteiger partial charge in [-0.2, -0.15) is 18.4 Å². The Bertz CT molecular complexity index is 432. The summed E-state index contributed by atoms with van der Waals surface area (Å²) >= 11 is 0. The Labute approximate surface area is 98.3 Å². The van der Waals surface area contributed by atoms with Crippen molar-refractivity contribution in [1.82, 2.24) is 0 Å². The van der Waals surface area contributed by atoms with Gasteiger partial charge in [0, 0.05) is 13.6 Å². The first-order valence-electron chi connectivity index (χ1n) is 5.13. The zero-order valence-corrected chi connectivity index (χ0v) is 9.67. The summed E-state index contributed by atoms with van der Waals surface area (Å²) in [6.07, 6.45) is -5.06. The van der Waals surface area contributed by atoms with Crippen molar-refractivity contribution in [3.8, 4) is 6.07 Å². The molecule has 0 saturated heterocycles. The lowest BCUT2D eigenvalue weighted by Gasteiger charge is -2.23. The molecule has 0 amide bonds. The van der Waals surface area contributed by atoms with E-state index < -0.39 is 12.6 Å². The Balaban J connectivity index is 2.89. The molecule has 0 N–H and O–H groups in total. The number of rotatable bonds is 3.